The number of aryl methyl sites for hydroxylation is 1. The molecule has 0 spiro atoms. The molecule has 0 radical (unpaired) electrons. The first-order valence-corrected chi connectivity index (χ1v) is 7.72. The minimum absolute atomic E-state index is 0.0364. The van der Waals surface area contributed by atoms with Crippen molar-refractivity contribution in [1.29, 1.82) is 0 Å². The van der Waals surface area contributed by atoms with Crippen LogP contribution in [0.25, 0.3) is 10.9 Å². The number of esters is 1. The lowest BCUT2D eigenvalue weighted by Crippen LogP contribution is -2.28. The number of fused-ring (bicyclic) bond motifs is 1. The van der Waals surface area contributed by atoms with E-state index in [1.807, 2.05) is 6.92 Å². The topological polar surface area (TPSA) is 68.5 Å². The fourth-order valence-electron chi connectivity index (χ4n) is 2.34. The van der Waals surface area contributed by atoms with E-state index >= 15 is 0 Å². The maximum atomic E-state index is 12.7. The summed E-state index contributed by atoms with van der Waals surface area (Å²) in [5.74, 6) is -1.25. The van der Waals surface area contributed by atoms with Crippen LogP contribution in [-0.2, 0) is 11.3 Å². The van der Waals surface area contributed by atoms with Crippen molar-refractivity contribution in [3.05, 3.63) is 51.8 Å². The van der Waals surface area contributed by atoms with Crippen LogP contribution in [0, 0.1) is 0 Å². The fourth-order valence-corrected chi connectivity index (χ4v) is 2.50. The van der Waals surface area contributed by atoms with Gasteiger partial charge in [-0.3, -0.25) is 4.79 Å². The highest BCUT2D eigenvalue weighted by atomic mass is 35.5. The van der Waals surface area contributed by atoms with E-state index in [0.717, 1.165) is 12.8 Å². The largest absolute Gasteiger partial charge is 0.506 e. The molecule has 2 aromatic rings. The van der Waals surface area contributed by atoms with Crippen LogP contribution in [0.2, 0.25) is 5.02 Å². The number of hydrogen-bond acceptors (Lipinski definition) is 4. The molecule has 0 aliphatic carbocycles. The van der Waals surface area contributed by atoms with Crippen molar-refractivity contribution in [2.75, 3.05) is 6.61 Å². The summed E-state index contributed by atoms with van der Waals surface area (Å²) in [5.41, 5.74) is -0.453. The Labute approximate surface area is 138 Å². The number of unbranched alkanes of at least 4 members (excludes halogenated alkanes) is 1. The van der Waals surface area contributed by atoms with Crippen LogP contribution >= 0.6 is 11.6 Å². The molecular formula is C17H18ClNO4. The second kappa shape index (κ2) is 7.33. The molecule has 122 valence electrons. The molecule has 0 fully saturated rings. The molecule has 0 bridgehead atoms. The third-order valence-corrected chi connectivity index (χ3v) is 3.71. The van der Waals surface area contributed by atoms with Crippen molar-refractivity contribution in [2.24, 2.45) is 0 Å². The second-order valence-electron chi connectivity index (χ2n) is 5.08. The predicted octanol–water partition coefficient (Wildman–Crippen LogP) is 3.50. The maximum Gasteiger partial charge on any atom is 0.347 e. The van der Waals surface area contributed by atoms with Crippen molar-refractivity contribution < 1.29 is 14.6 Å². The quantitative estimate of drug-likeness (QED) is 0.648. The van der Waals surface area contributed by atoms with Crippen LogP contribution in [0.5, 0.6) is 5.75 Å². The van der Waals surface area contributed by atoms with Gasteiger partial charge in [-0.15, -0.1) is 0 Å². The summed E-state index contributed by atoms with van der Waals surface area (Å²) in [7, 11) is 0. The number of aromatic nitrogens is 1. The predicted molar refractivity (Wildman–Crippen MR) is 90.3 cm³/mol. The minimum atomic E-state index is -0.866. The van der Waals surface area contributed by atoms with E-state index in [2.05, 4.69) is 6.58 Å². The average Bonchev–Trinajstić information content (AvgIpc) is 2.52. The van der Waals surface area contributed by atoms with Crippen molar-refractivity contribution in [3.8, 4) is 5.75 Å². The van der Waals surface area contributed by atoms with E-state index < -0.39 is 11.5 Å². The smallest absolute Gasteiger partial charge is 0.347 e. The molecule has 0 atom stereocenters. The molecule has 0 unspecified atom stereocenters. The Bertz CT molecular complexity index is 810. The molecule has 0 saturated heterocycles. The lowest BCUT2D eigenvalue weighted by Gasteiger charge is -2.14. The molecule has 5 nitrogen and oxygen atoms in total. The van der Waals surface area contributed by atoms with Gasteiger partial charge in [-0.25, -0.2) is 4.79 Å². The summed E-state index contributed by atoms with van der Waals surface area (Å²) in [6.07, 6.45) is 3.03. The van der Waals surface area contributed by atoms with E-state index in [0.29, 0.717) is 22.5 Å². The van der Waals surface area contributed by atoms with Crippen LogP contribution < -0.4 is 5.56 Å². The van der Waals surface area contributed by atoms with Crippen LogP contribution in [0.15, 0.2) is 35.6 Å². The van der Waals surface area contributed by atoms with Crippen LogP contribution in [0.3, 0.4) is 0 Å². The van der Waals surface area contributed by atoms with Gasteiger partial charge in [0.25, 0.3) is 5.56 Å². The van der Waals surface area contributed by atoms with E-state index in [4.69, 9.17) is 16.3 Å². The standard InChI is InChI=1S/C17H18ClNO4/c1-3-5-8-19-13-10-11(18)6-7-12(13)15(20)14(16(19)21)17(22)23-9-4-2/h4,6-7,10,20H,2-3,5,8-9H2,1H3. The molecule has 6 heteroatoms. The highest BCUT2D eigenvalue weighted by Gasteiger charge is 2.23. The van der Waals surface area contributed by atoms with Crippen molar-refractivity contribution in [1.82, 2.24) is 4.57 Å². The van der Waals surface area contributed by atoms with Gasteiger partial charge >= 0.3 is 5.97 Å². The number of halogens is 1. The van der Waals surface area contributed by atoms with Gasteiger partial charge in [-0.2, -0.15) is 0 Å². The Balaban J connectivity index is 2.73. The molecule has 0 aliphatic rings. The SMILES string of the molecule is C=CCOC(=O)c1c(O)c2ccc(Cl)cc2n(CCCC)c1=O. The molecule has 1 N–H and O–H groups in total. The van der Waals surface area contributed by atoms with Gasteiger partial charge in [0.15, 0.2) is 5.56 Å². The first-order chi connectivity index (χ1) is 11.0. The van der Waals surface area contributed by atoms with Crippen LogP contribution in [-0.4, -0.2) is 22.2 Å². The molecule has 0 amide bonds. The minimum Gasteiger partial charge on any atom is -0.506 e. The van der Waals surface area contributed by atoms with Gasteiger partial charge in [-0.1, -0.05) is 37.6 Å². The van der Waals surface area contributed by atoms with E-state index in [-0.39, 0.29) is 17.9 Å². The van der Waals surface area contributed by atoms with Crippen LogP contribution in [0.4, 0.5) is 0 Å². The van der Waals surface area contributed by atoms with Gasteiger partial charge in [0.2, 0.25) is 0 Å². The summed E-state index contributed by atoms with van der Waals surface area (Å²) in [4.78, 5) is 24.8. The lowest BCUT2D eigenvalue weighted by molar-refractivity contribution is 0.0544. The maximum absolute atomic E-state index is 12.7. The Kier molecular flexibility index (Phi) is 5.45. The number of benzene rings is 1. The van der Waals surface area contributed by atoms with Crippen molar-refractivity contribution in [3.63, 3.8) is 0 Å². The number of carbonyl (C=O) groups is 1. The molecule has 1 heterocycles. The van der Waals surface area contributed by atoms with Gasteiger partial charge in [0.1, 0.15) is 12.4 Å². The third kappa shape index (κ3) is 3.40. The summed E-state index contributed by atoms with van der Waals surface area (Å²) >= 11 is 6.00. The van der Waals surface area contributed by atoms with Gasteiger partial charge in [0, 0.05) is 17.0 Å². The molecule has 1 aromatic heterocycles. The number of hydrogen-bond donors (Lipinski definition) is 1. The first kappa shape index (κ1) is 17.1. The summed E-state index contributed by atoms with van der Waals surface area (Å²) in [6.45, 7) is 5.84. The van der Waals surface area contributed by atoms with Gasteiger partial charge in [-0.05, 0) is 24.6 Å². The highest BCUT2D eigenvalue weighted by molar-refractivity contribution is 6.31. The van der Waals surface area contributed by atoms with E-state index in [9.17, 15) is 14.7 Å². The zero-order chi connectivity index (χ0) is 17.0. The summed E-state index contributed by atoms with van der Waals surface area (Å²) < 4.78 is 6.37. The Morgan fingerprint density at radius 3 is 2.87 bits per heavy atom. The molecule has 0 saturated carbocycles. The number of ether oxygens (including phenoxy) is 1. The normalized spacial score (nSPS) is 10.7. The Hall–Kier alpha value is -2.27. The van der Waals surface area contributed by atoms with Crippen molar-refractivity contribution in [2.45, 2.75) is 26.3 Å². The zero-order valence-corrected chi connectivity index (χ0v) is 13.6. The Morgan fingerprint density at radius 1 is 1.48 bits per heavy atom. The summed E-state index contributed by atoms with van der Waals surface area (Å²) in [6, 6.07) is 4.78. The molecule has 1 aromatic carbocycles. The number of nitrogens with zero attached hydrogens (tertiary/aromatic N) is 1. The van der Waals surface area contributed by atoms with E-state index in [1.54, 1.807) is 18.2 Å². The van der Waals surface area contributed by atoms with Gasteiger partial charge in [0.05, 0.1) is 5.52 Å². The van der Waals surface area contributed by atoms with E-state index in [1.165, 1.54) is 10.6 Å². The first-order valence-electron chi connectivity index (χ1n) is 7.34. The zero-order valence-electron chi connectivity index (χ0n) is 12.8. The second-order valence-corrected chi connectivity index (χ2v) is 5.52. The monoisotopic (exact) mass is 335 g/mol. The summed E-state index contributed by atoms with van der Waals surface area (Å²) in [5, 5.41) is 11.2. The van der Waals surface area contributed by atoms with Gasteiger partial charge < -0.3 is 14.4 Å². The average molecular weight is 336 g/mol. The molecule has 23 heavy (non-hydrogen) atoms. The van der Waals surface area contributed by atoms with Crippen molar-refractivity contribution >= 4 is 28.5 Å². The number of aromatic hydroxyl groups is 1. The molecular weight excluding hydrogens is 318 g/mol. The fraction of sp³-hybridized carbons (Fsp3) is 0.294. The number of carbonyl (C=O) groups excluding carboxylic acids is 1. The number of pyridine rings is 1. The molecule has 0 aliphatic heterocycles. The number of rotatable bonds is 6. The Morgan fingerprint density at radius 2 is 2.22 bits per heavy atom. The molecule has 2 rings (SSSR count). The highest BCUT2D eigenvalue weighted by Crippen LogP contribution is 2.29. The third-order valence-electron chi connectivity index (χ3n) is 3.47. The lowest BCUT2D eigenvalue weighted by atomic mass is 10.1. The van der Waals surface area contributed by atoms with Crippen LogP contribution in [0.1, 0.15) is 30.1 Å².